The average Bonchev–Trinajstić information content (AvgIpc) is 2.95. The summed E-state index contributed by atoms with van der Waals surface area (Å²) in [6.07, 6.45) is 0.695. The molecule has 0 aliphatic carbocycles. The Balaban J connectivity index is 2.05. The molecule has 0 spiro atoms. The van der Waals surface area contributed by atoms with Crippen LogP contribution in [0.15, 0.2) is 83.8 Å². The number of aryl methyl sites for hydroxylation is 1. The normalized spacial score (nSPS) is 12.7. The van der Waals surface area contributed by atoms with Gasteiger partial charge < -0.3 is 10.2 Å². The highest BCUT2D eigenvalue weighted by Crippen LogP contribution is 2.27. The van der Waals surface area contributed by atoms with Crippen LogP contribution in [0.25, 0.3) is 0 Å². The number of non-ortho nitro benzene ring substituents is 1. The Bertz CT molecular complexity index is 1440. The summed E-state index contributed by atoms with van der Waals surface area (Å²) >= 11 is 0. The monoisotopic (exact) mass is 566 g/mol. The third-order valence-corrected chi connectivity index (χ3v) is 8.37. The number of anilines is 1. The van der Waals surface area contributed by atoms with Crippen LogP contribution in [0.3, 0.4) is 0 Å². The van der Waals surface area contributed by atoms with E-state index in [0.29, 0.717) is 6.42 Å². The Morgan fingerprint density at radius 2 is 1.62 bits per heavy atom. The molecule has 0 bridgehead atoms. The van der Waals surface area contributed by atoms with Gasteiger partial charge in [-0.3, -0.25) is 24.0 Å². The van der Waals surface area contributed by atoms with Crippen molar-refractivity contribution in [1.29, 1.82) is 0 Å². The van der Waals surface area contributed by atoms with E-state index in [4.69, 9.17) is 0 Å². The van der Waals surface area contributed by atoms with E-state index >= 15 is 0 Å². The number of hydrogen-bond donors (Lipinski definition) is 1. The predicted octanol–water partition coefficient (Wildman–Crippen LogP) is 4.43. The molecule has 0 aromatic heterocycles. The molecule has 0 heterocycles. The first-order valence-electron chi connectivity index (χ1n) is 12.9. The van der Waals surface area contributed by atoms with Gasteiger partial charge >= 0.3 is 0 Å². The molecular formula is C29H34N4O6S. The summed E-state index contributed by atoms with van der Waals surface area (Å²) in [7, 11) is -4.31. The molecular weight excluding hydrogens is 532 g/mol. The molecule has 0 aliphatic rings. The number of nitrogens with one attached hydrogen (secondary N) is 1. The number of rotatable bonds is 12. The van der Waals surface area contributed by atoms with Gasteiger partial charge in [-0.15, -0.1) is 0 Å². The van der Waals surface area contributed by atoms with Crippen molar-refractivity contribution in [3.8, 4) is 0 Å². The van der Waals surface area contributed by atoms with Crippen molar-refractivity contribution in [2.45, 2.75) is 57.6 Å². The minimum Gasteiger partial charge on any atom is -0.352 e. The maximum absolute atomic E-state index is 13.9. The van der Waals surface area contributed by atoms with Crippen molar-refractivity contribution in [2.24, 2.45) is 0 Å². The van der Waals surface area contributed by atoms with Crippen LogP contribution in [0.2, 0.25) is 0 Å². The SMILES string of the molecule is CC[C@@H](C)NC(=O)[C@@H](C)N(Cc1ccc(C)cc1)C(=O)CN(c1cccc([N+](=O)[O-])c1)S(=O)(=O)c1ccccc1. The summed E-state index contributed by atoms with van der Waals surface area (Å²) in [5.41, 5.74) is 1.42. The van der Waals surface area contributed by atoms with E-state index < -0.39 is 33.4 Å². The summed E-state index contributed by atoms with van der Waals surface area (Å²) in [5.74, 6) is -1.01. The molecule has 40 heavy (non-hydrogen) atoms. The van der Waals surface area contributed by atoms with Crippen LogP contribution < -0.4 is 9.62 Å². The van der Waals surface area contributed by atoms with Crippen LogP contribution in [0, 0.1) is 17.0 Å². The zero-order valence-corrected chi connectivity index (χ0v) is 23.8. The molecule has 0 saturated carbocycles. The van der Waals surface area contributed by atoms with Gasteiger partial charge in [0.05, 0.1) is 15.5 Å². The Labute approximate surface area is 234 Å². The molecule has 2 amide bonds. The first-order valence-corrected chi connectivity index (χ1v) is 14.4. The number of hydrogen-bond acceptors (Lipinski definition) is 6. The maximum Gasteiger partial charge on any atom is 0.271 e. The molecule has 3 aromatic carbocycles. The minimum absolute atomic E-state index is 0.0431. The molecule has 1 N–H and O–H groups in total. The van der Waals surface area contributed by atoms with Gasteiger partial charge in [-0.05, 0) is 51.0 Å². The van der Waals surface area contributed by atoms with Gasteiger partial charge in [0, 0.05) is 24.7 Å². The van der Waals surface area contributed by atoms with Crippen LogP contribution in [0.1, 0.15) is 38.3 Å². The standard InChI is InChI=1S/C29H34N4O6S/c1-5-22(3)30-29(35)23(4)31(19-24-16-14-21(2)15-17-24)28(34)20-32(25-10-9-11-26(18-25)33(36)37)40(38,39)27-12-7-6-8-13-27/h6-18,22-23H,5,19-20H2,1-4H3,(H,30,35)/t22-,23-/m1/s1. The van der Waals surface area contributed by atoms with E-state index in [1.807, 2.05) is 45.0 Å². The number of carbonyl (C=O) groups excluding carboxylic acids is 2. The Kier molecular flexibility index (Phi) is 10.0. The lowest BCUT2D eigenvalue weighted by molar-refractivity contribution is -0.384. The van der Waals surface area contributed by atoms with Gasteiger partial charge in [0.1, 0.15) is 12.6 Å². The van der Waals surface area contributed by atoms with E-state index in [2.05, 4.69) is 5.32 Å². The van der Waals surface area contributed by atoms with Crippen LogP contribution >= 0.6 is 0 Å². The lowest BCUT2D eigenvalue weighted by Gasteiger charge is -2.32. The first kappa shape index (κ1) is 30.3. The lowest BCUT2D eigenvalue weighted by atomic mass is 10.1. The van der Waals surface area contributed by atoms with Crippen molar-refractivity contribution in [3.05, 3.63) is 100 Å². The highest BCUT2D eigenvalue weighted by atomic mass is 32.2. The summed E-state index contributed by atoms with van der Waals surface area (Å²) in [6.45, 7) is 6.69. The molecule has 2 atom stereocenters. The maximum atomic E-state index is 13.9. The van der Waals surface area contributed by atoms with E-state index in [9.17, 15) is 28.1 Å². The van der Waals surface area contributed by atoms with Gasteiger partial charge in [-0.1, -0.05) is 61.0 Å². The van der Waals surface area contributed by atoms with E-state index in [-0.39, 0.29) is 34.8 Å². The van der Waals surface area contributed by atoms with Gasteiger partial charge in [0.25, 0.3) is 15.7 Å². The predicted molar refractivity (Wildman–Crippen MR) is 153 cm³/mol. The van der Waals surface area contributed by atoms with Gasteiger partial charge in [-0.2, -0.15) is 0 Å². The fourth-order valence-corrected chi connectivity index (χ4v) is 5.38. The molecule has 0 aliphatic heterocycles. The highest BCUT2D eigenvalue weighted by Gasteiger charge is 2.33. The fraction of sp³-hybridized carbons (Fsp3) is 0.310. The van der Waals surface area contributed by atoms with E-state index in [0.717, 1.165) is 21.5 Å². The molecule has 0 saturated heterocycles. The fourth-order valence-electron chi connectivity index (χ4n) is 3.95. The molecule has 3 rings (SSSR count). The van der Waals surface area contributed by atoms with Gasteiger partial charge in [-0.25, -0.2) is 8.42 Å². The van der Waals surface area contributed by atoms with Crippen molar-refractivity contribution in [1.82, 2.24) is 10.2 Å². The quantitative estimate of drug-likeness (QED) is 0.255. The van der Waals surface area contributed by atoms with Crippen molar-refractivity contribution in [2.75, 3.05) is 10.8 Å². The third kappa shape index (κ3) is 7.44. The summed E-state index contributed by atoms with van der Waals surface area (Å²) in [6, 6.07) is 19.0. The first-order chi connectivity index (χ1) is 18.9. The molecule has 3 aromatic rings. The summed E-state index contributed by atoms with van der Waals surface area (Å²) < 4.78 is 28.4. The largest absolute Gasteiger partial charge is 0.352 e. The number of sulfonamides is 1. The summed E-state index contributed by atoms with van der Waals surface area (Å²) in [4.78, 5) is 39.0. The number of nitrogens with zero attached hydrogens (tertiary/aromatic N) is 3. The second-order valence-electron chi connectivity index (χ2n) is 9.60. The highest BCUT2D eigenvalue weighted by molar-refractivity contribution is 7.92. The van der Waals surface area contributed by atoms with Crippen LogP contribution in [0.4, 0.5) is 11.4 Å². The average molecular weight is 567 g/mol. The van der Waals surface area contributed by atoms with E-state index in [1.165, 1.54) is 35.2 Å². The molecule has 10 nitrogen and oxygen atoms in total. The lowest BCUT2D eigenvalue weighted by Crippen LogP contribution is -2.52. The number of carbonyl (C=O) groups is 2. The topological polar surface area (TPSA) is 130 Å². The molecule has 11 heteroatoms. The smallest absolute Gasteiger partial charge is 0.271 e. The number of nitro benzene ring substituents is 1. The van der Waals surface area contributed by atoms with Crippen molar-refractivity contribution in [3.63, 3.8) is 0 Å². The van der Waals surface area contributed by atoms with Gasteiger partial charge in [0.2, 0.25) is 11.8 Å². The number of nitro groups is 1. The zero-order valence-electron chi connectivity index (χ0n) is 23.0. The minimum atomic E-state index is -4.31. The van der Waals surface area contributed by atoms with Gasteiger partial charge in [0.15, 0.2) is 0 Å². The Morgan fingerprint density at radius 1 is 0.975 bits per heavy atom. The van der Waals surface area contributed by atoms with Crippen LogP contribution in [0.5, 0.6) is 0 Å². The molecule has 0 radical (unpaired) electrons. The molecule has 212 valence electrons. The van der Waals surface area contributed by atoms with Crippen LogP contribution in [-0.2, 0) is 26.2 Å². The molecule has 0 unspecified atom stereocenters. The Morgan fingerprint density at radius 3 is 2.23 bits per heavy atom. The summed E-state index contributed by atoms with van der Waals surface area (Å²) in [5, 5.41) is 14.3. The molecule has 0 fully saturated rings. The second-order valence-corrected chi connectivity index (χ2v) is 11.5. The number of benzene rings is 3. The Hall–Kier alpha value is -4.25. The van der Waals surface area contributed by atoms with Crippen molar-refractivity contribution < 1.29 is 22.9 Å². The second kappa shape index (κ2) is 13.2. The zero-order chi connectivity index (χ0) is 29.4. The van der Waals surface area contributed by atoms with Crippen molar-refractivity contribution >= 4 is 33.2 Å². The third-order valence-electron chi connectivity index (χ3n) is 6.58. The number of amides is 2. The van der Waals surface area contributed by atoms with E-state index in [1.54, 1.807) is 25.1 Å². The van der Waals surface area contributed by atoms with Crippen LogP contribution in [-0.4, -0.2) is 48.7 Å².